The van der Waals surface area contributed by atoms with Crippen LogP contribution in [0.15, 0.2) is 34.9 Å². The predicted octanol–water partition coefficient (Wildman–Crippen LogP) is 3.23. The zero-order valence-electron chi connectivity index (χ0n) is 10.1. The summed E-state index contributed by atoms with van der Waals surface area (Å²) in [4.78, 5) is 15.1. The molecule has 1 heterocycles. The van der Waals surface area contributed by atoms with Crippen LogP contribution in [-0.2, 0) is 0 Å². The Kier molecular flexibility index (Phi) is 3.71. The largest absolute Gasteiger partial charge is 0.477 e. The molecule has 0 spiro atoms. The monoisotopic (exact) mass is 322 g/mol. The van der Waals surface area contributed by atoms with E-state index >= 15 is 0 Å². The summed E-state index contributed by atoms with van der Waals surface area (Å²) in [7, 11) is 0. The number of rotatable bonds is 3. The minimum Gasteiger partial charge on any atom is -0.477 e. The van der Waals surface area contributed by atoms with Crippen LogP contribution in [-0.4, -0.2) is 16.1 Å². The lowest BCUT2D eigenvalue weighted by molar-refractivity contribution is 0.0693. The number of nitrogens with zero attached hydrogens (tertiary/aromatic N) is 1. The van der Waals surface area contributed by atoms with E-state index < -0.39 is 5.97 Å². The highest BCUT2D eigenvalue weighted by molar-refractivity contribution is 9.10. The van der Waals surface area contributed by atoms with Crippen LogP contribution >= 0.6 is 15.9 Å². The smallest absolute Gasteiger partial charge is 0.341 e. The molecule has 5 nitrogen and oxygen atoms in total. The van der Waals surface area contributed by atoms with Crippen LogP contribution < -0.4 is 10.5 Å². The fourth-order valence-corrected chi connectivity index (χ4v) is 1.83. The first-order valence-corrected chi connectivity index (χ1v) is 6.19. The third-order valence-corrected chi connectivity index (χ3v) is 2.95. The molecule has 0 bridgehead atoms. The van der Waals surface area contributed by atoms with E-state index in [0.717, 1.165) is 10.0 Å². The van der Waals surface area contributed by atoms with Gasteiger partial charge in [0.05, 0.1) is 11.9 Å². The fourth-order valence-electron chi connectivity index (χ4n) is 1.49. The number of ether oxygens (including phenoxy) is 1. The summed E-state index contributed by atoms with van der Waals surface area (Å²) in [6.45, 7) is 1.86. The van der Waals surface area contributed by atoms with Gasteiger partial charge in [0.25, 0.3) is 0 Å². The Morgan fingerprint density at radius 1 is 1.42 bits per heavy atom. The molecule has 1 aromatic heterocycles. The number of carboxylic acid groups (broad SMARTS) is 1. The fraction of sp³-hybridized carbons (Fsp3) is 0.0769. The number of nitrogen functional groups attached to an aromatic ring is 1. The van der Waals surface area contributed by atoms with Crippen molar-refractivity contribution in [1.82, 2.24) is 4.98 Å². The van der Waals surface area contributed by atoms with Gasteiger partial charge < -0.3 is 15.6 Å². The number of benzene rings is 1. The summed E-state index contributed by atoms with van der Waals surface area (Å²) in [5, 5.41) is 9.11. The molecular formula is C13H11BrN2O3. The predicted molar refractivity (Wildman–Crippen MR) is 74.6 cm³/mol. The Bertz CT molecular complexity index is 644. The minimum atomic E-state index is -1.14. The normalized spacial score (nSPS) is 10.2. The quantitative estimate of drug-likeness (QED) is 0.906. The summed E-state index contributed by atoms with van der Waals surface area (Å²) in [5.41, 5.74) is 6.60. The zero-order valence-corrected chi connectivity index (χ0v) is 11.6. The summed E-state index contributed by atoms with van der Waals surface area (Å²) >= 11 is 3.33. The van der Waals surface area contributed by atoms with Gasteiger partial charge in [-0.15, -0.1) is 0 Å². The Labute approximate surface area is 118 Å². The van der Waals surface area contributed by atoms with Gasteiger partial charge in [0.1, 0.15) is 11.3 Å². The highest BCUT2D eigenvalue weighted by Crippen LogP contribution is 2.29. The molecule has 0 amide bonds. The highest BCUT2D eigenvalue weighted by atomic mass is 79.9. The SMILES string of the molecule is Cc1ccc(Br)cc1Oc1ncc(N)cc1C(=O)O. The van der Waals surface area contributed by atoms with Crippen molar-refractivity contribution in [1.29, 1.82) is 0 Å². The molecule has 0 aliphatic heterocycles. The number of pyridine rings is 1. The van der Waals surface area contributed by atoms with E-state index in [2.05, 4.69) is 20.9 Å². The van der Waals surface area contributed by atoms with E-state index in [9.17, 15) is 4.79 Å². The summed E-state index contributed by atoms with van der Waals surface area (Å²) in [6, 6.07) is 6.80. The molecule has 0 aliphatic carbocycles. The van der Waals surface area contributed by atoms with E-state index in [-0.39, 0.29) is 17.1 Å². The van der Waals surface area contributed by atoms with Gasteiger partial charge in [0, 0.05) is 4.47 Å². The van der Waals surface area contributed by atoms with E-state index in [1.54, 1.807) is 6.07 Å². The molecule has 0 atom stereocenters. The summed E-state index contributed by atoms with van der Waals surface area (Å²) in [5.74, 6) is -0.584. The lowest BCUT2D eigenvalue weighted by Gasteiger charge is -2.10. The van der Waals surface area contributed by atoms with Gasteiger partial charge in [-0.3, -0.25) is 0 Å². The van der Waals surface area contributed by atoms with Crippen molar-refractivity contribution in [2.24, 2.45) is 0 Å². The Morgan fingerprint density at radius 2 is 2.16 bits per heavy atom. The minimum absolute atomic E-state index is 0.0166. The van der Waals surface area contributed by atoms with Crippen LogP contribution in [0.2, 0.25) is 0 Å². The number of carboxylic acids is 1. The molecule has 1 aromatic carbocycles. The van der Waals surface area contributed by atoms with Crippen molar-refractivity contribution in [3.63, 3.8) is 0 Å². The number of anilines is 1. The summed E-state index contributed by atoms with van der Waals surface area (Å²) < 4.78 is 6.39. The number of nitrogens with two attached hydrogens (primary N) is 1. The number of hydrogen-bond acceptors (Lipinski definition) is 4. The van der Waals surface area contributed by atoms with Gasteiger partial charge in [0.2, 0.25) is 5.88 Å². The summed E-state index contributed by atoms with van der Waals surface area (Å²) in [6.07, 6.45) is 1.36. The lowest BCUT2D eigenvalue weighted by Crippen LogP contribution is -2.04. The molecule has 98 valence electrons. The van der Waals surface area contributed by atoms with Crippen LogP contribution in [0, 0.1) is 6.92 Å². The van der Waals surface area contributed by atoms with Crippen molar-refractivity contribution >= 4 is 27.6 Å². The third-order valence-electron chi connectivity index (χ3n) is 2.46. The van der Waals surface area contributed by atoms with Gasteiger partial charge in [-0.05, 0) is 30.7 Å². The molecule has 0 radical (unpaired) electrons. The maximum atomic E-state index is 11.1. The molecule has 3 N–H and O–H groups in total. The van der Waals surface area contributed by atoms with Crippen LogP contribution in [0.4, 0.5) is 5.69 Å². The number of aromatic nitrogens is 1. The molecule has 0 fully saturated rings. The second kappa shape index (κ2) is 5.27. The third kappa shape index (κ3) is 3.03. The lowest BCUT2D eigenvalue weighted by atomic mass is 10.2. The van der Waals surface area contributed by atoms with E-state index in [1.165, 1.54) is 12.3 Å². The Balaban J connectivity index is 2.43. The van der Waals surface area contributed by atoms with Crippen molar-refractivity contribution in [3.05, 3.63) is 46.1 Å². The number of halogens is 1. The molecule has 0 unspecified atom stereocenters. The Morgan fingerprint density at radius 3 is 2.84 bits per heavy atom. The van der Waals surface area contributed by atoms with Gasteiger partial charge in [-0.25, -0.2) is 9.78 Å². The van der Waals surface area contributed by atoms with Gasteiger partial charge in [-0.2, -0.15) is 0 Å². The molecule has 6 heteroatoms. The van der Waals surface area contributed by atoms with Crippen molar-refractivity contribution in [2.75, 3.05) is 5.73 Å². The average molecular weight is 323 g/mol. The van der Waals surface area contributed by atoms with Crippen molar-refractivity contribution in [3.8, 4) is 11.6 Å². The van der Waals surface area contributed by atoms with Gasteiger partial charge >= 0.3 is 5.97 Å². The first kappa shape index (κ1) is 13.4. The number of aryl methyl sites for hydroxylation is 1. The van der Waals surface area contributed by atoms with E-state index in [4.69, 9.17) is 15.6 Å². The number of carbonyl (C=O) groups is 1. The van der Waals surface area contributed by atoms with Crippen LogP contribution in [0.25, 0.3) is 0 Å². The number of hydrogen-bond donors (Lipinski definition) is 2. The van der Waals surface area contributed by atoms with Crippen molar-refractivity contribution in [2.45, 2.75) is 6.92 Å². The highest BCUT2D eigenvalue weighted by Gasteiger charge is 2.15. The molecule has 0 saturated carbocycles. The molecular weight excluding hydrogens is 312 g/mol. The standard InChI is InChI=1S/C13H11BrN2O3/c1-7-2-3-8(14)4-11(7)19-12-10(13(17)18)5-9(15)6-16-12/h2-6H,15H2,1H3,(H,17,18). The topological polar surface area (TPSA) is 85.4 Å². The second-order valence-corrected chi connectivity index (χ2v) is 4.85. The van der Waals surface area contributed by atoms with Crippen LogP contribution in [0.5, 0.6) is 11.6 Å². The van der Waals surface area contributed by atoms with Crippen molar-refractivity contribution < 1.29 is 14.6 Å². The zero-order chi connectivity index (χ0) is 14.0. The second-order valence-electron chi connectivity index (χ2n) is 3.94. The molecule has 19 heavy (non-hydrogen) atoms. The first-order chi connectivity index (χ1) is 8.97. The van der Waals surface area contributed by atoms with Gasteiger partial charge in [0.15, 0.2) is 0 Å². The van der Waals surface area contributed by atoms with Crippen LogP contribution in [0.3, 0.4) is 0 Å². The van der Waals surface area contributed by atoms with Gasteiger partial charge in [-0.1, -0.05) is 22.0 Å². The molecule has 2 rings (SSSR count). The van der Waals surface area contributed by atoms with E-state index in [0.29, 0.717) is 5.75 Å². The van der Waals surface area contributed by atoms with E-state index in [1.807, 2.05) is 19.1 Å². The molecule has 2 aromatic rings. The average Bonchev–Trinajstić information content (AvgIpc) is 2.35. The van der Waals surface area contributed by atoms with Crippen LogP contribution in [0.1, 0.15) is 15.9 Å². The number of aromatic carboxylic acids is 1. The first-order valence-electron chi connectivity index (χ1n) is 5.40. The molecule has 0 aliphatic rings. The maximum absolute atomic E-state index is 11.1. The molecule has 0 saturated heterocycles. The Hall–Kier alpha value is -2.08. The maximum Gasteiger partial charge on any atom is 0.341 e.